The highest BCUT2D eigenvalue weighted by atomic mass is 32.5. The number of hydrogen-bond acceptors (Lipinski definition) is 2. The zero-order valence-corrected chi connectivity index (χ0v) is 14.6. The van der Waals surface area contributed by atoms with E-state index in [1.54, 1.807) is 0 Å². The van der Waals surface area contributed by atoms with E-state index in [9.17, 15) is 0 Å². The van der Waals surface area contributed by atoms with E-state index >= 15 is 0 Å². The molecule has 0 radical (unpaired) electrons. The quantitative estimate of drug-likeness (QED) is 0.340. The lowest BCUT2D eigenvalue weighted by Gasteiger charge is -1.88. The third kappa shape index (κ3) is 267. The average molecular weight is 344 g/mol. The van der Waals surface area contributed by atoms with Crippen molar-refractivity contribution in [3.63, 3.8) is 0 Å². The minimum absolute atomic E-state index is 1.36. The summed E-state index contributed by atoms with van der Waals surface area (Å²) in [7, 11) is 0. The van der Waals surface area contributed by atoms with Gasteiger partial charge < -0.3 is 29.4 Å². The maximum absolute atomic E-state index is 7.56. The Labute approximate surface area is 120 Å². The van der Waals surface area contributed by atoms with E-state index in [4.69, 9.17) is 29.4 Å². The lowest BCUT2D eigenvalue weighted by atomic mass is 10.2. The van der Waals surface area contributed by atoms with Gasteiger partial charge in [0, 0.05) is 0 Å². The van der Waals surface area contributed by atoms with Crippen LogP contribution in [0.1, 0.15) is 53.4 Å². The van der Waals surface area contributed by atoms with Crippen LogP contribution in [0.4, 0.5) is 0 Å². The molecule has 0 amide bonds. The molecule has 18 heavy (non-hydrogen) atoms. The van der Waals surface area contributed by atoms with E-state index in [-0.39, 0.29) is 0 Å². The molecular weight excluding hydrogens is 318 g/mol. The van der Waals surface area contributed by atoms with Gasteiger partial charge in [0.25, 0.3) is 0 Å². The van der Waals surface area contributed by atoms with Gasteiger partial charge >= 0.3 is 13.4 Å². The lowest BCUT2D eigenvalue weighted by molar-refractivity contribution is 0.361. The Morgan fingerprint density at radius 2 is 0.778 bits per heavy atom. The Balaban J connectivity index is -0.0000000766. The second kappa shape index (κ2) is 18.1. The van der Waals surface area contributed by atoms with E-state index in [0.29, 0.717) is 0 Å². The smallest absolute Gasteiger partial charge is 0.319 e. The van der Waals surface area contributed by atoms with Gasteiger partial charge in [-0.1, -0.05) is 53.4 Å². The van der Waals surface area contributed by atoms with Crippen molar-refractivity contribution in [3.05, 3.63) is 0 Å². The Morgan fingerprint density at radius 1 is 0.667 bits per heavy atom. The first-order valence-electron chi connectivity index (χ1n) is 5.48. The predicted octanol–water partition coefficient (Wildman–Crippen LogP) is 1.99. The minimum Gasteiger partial charge on any atom is -0.325 e. The van der Waals surface area contributed by atoms with Crippen molar-refractivity contribution in [2.75, 3.05) is 0 Å². The summed E-state index contributed by atoms with van der Waals surface area (Å²) in [5.41, 5.74) is 0. The summed E-state index contributed by atoms with van der Waals surface area (Å²) in [6.07, 6.45) is 5.54. The fraction of sp³-hybridized carbons (Fsp3) is 1.00. The van der Waals surface area contributed by atoms with Crippen LogP contribution >= 0.6 is 13.4 Å². The molecule has 116 valence electrons. The summed E-state index contributed by atoms with van der Waals surface area (Å²) in [6, 6.07) is 0. The van der Waals surface area contributed by atoms with Crippen LogP contribution in [0.15, 0.2) is 0 Å². The van der Waals surface area contributed by atoms with Gasteiger partial charge in [-0.05, 0) is 23.6 Å². The first-order chi connectivity index (χ1) is 7.91. The zero-order valence-electron chi connectivity index (χ0n) is 11.2. The van der Waals surface area contributed by atoms with E-state index in [2.05, 4.69) is 37.5 Å². The van der Waals surface area contributed by atoms with Gasteiger partial charge in [-0.15, -0.1) is 0 Å². The maximum Gasteiger partial charge on any atom is 0.319 e. The van der Waals surface area contributed by atoms with Crippen LogP contribution in [0, 0.1) is 0 Å². The molecule has 0 aromatic carbocycles. The Hall–Kier alpha value is 1.06. The number of unbranched alkanes of at least 4 members (excludes halogenated alkanes) is 3. The minimum atomic E-state index is -3.81. The molecule has 0 unspecified atom stereocenters. The van der Waals surface area contributed by atoms with E-state index in [1.165, 1.54) is 25.7 Å². The number of hydrogen-bond donors (Lipinski definition) is 6. The van der Waals surface area contributed by atoms with Gasteiger partial charge in [-0.3, -0.25) is 0 Å². The van der Waals surface area contributed by atoms with E-state index < -0.39 is 13.4 Å². The second-order valence-corrected chi connectivity index (χ2v) is 7.73. The Kier molecular flexibility index (Phi) is 27.5. The summed E-state index contributed by atoms with van der Waals surface area (Å²) < 4.78 is 0. The van der Waals surface area contributed by atoms with Crippen molar-refractivity contribution >= 4 is 37.1 Å². The van der Waals surface area contributed by atoms with Gasteiger partial charge in [-0.25, -0.2) is 0 Å². The molecular formula is C8H26O6P2S2. The van der Waals surface area contributed by atoms with E-state index in [0.717, 1.165) is 0 Å². The fourth-order valence-corrected chi connectivity index (χ4v) is 0.500. The summed E-state index contributed by atoms with van der Waals surface area (Å²) in [6.45, 7) is 0.852. The average Bonchev–Trinajstić information content (AvgIpc) is 2.12. The van der Waals surface area contributed by atoms with Crippen LogP contribution in [0.3, 0.4) is 0 Å². The predicted molar refractivity (Wildman–Crippen MR) is 83.0 cm³/mol. The summed E-state index contributed by atoms with van der Waals surface area (Å²) in [4.78, 5) is 45.3. The van der Waals surface area contributed by atoms with Crippen LogP contribution in [0.25, 0.3) is 0 Å². The molecule has 0 aliphatic heterocycles. The van der Waals surface area contributed by atoms with Crippen molar-refractivity contribution in [3.8, 4) is 0 Å². The zero-order chi connectivity index (χ0) is 15.8. The van der Waals surface area contributed by atoms with Crippen molar-refractivity contribution in [1.82, 2.24) is 0 Å². The summed E-state index contributed by atoms with van der Waals surface area (Å²) in [5.74, 6) is 0. The SMILES string of the molecule is CC.CCCCCC.OP(O)(O)=S.OP(O)(O)=S. The van der Waals surface area contributed by atoms with Crippen LogP contribution in [-0.2, 0) is 23.6 Å². The highest BCUT2D eigenvalue weighted by Gasteiger charge is 1.92. The Bertz CT molecular complexity index is 187. The lowest BCUT2D eigenvalue weighted by Crippen LogP contribution is -1.66. The monoisotopic (exact) mass is 344 g/mol. The van der Waals surface area contributed by atoms with Crippen LogP contribution in [-0.4, -0.2) is 29.4 Å². The van der Waals surface area contributed by atoms with Gasteiger partial charge in [0.2, 0.25) is 0 Å². The maximum atomic E-state index is 7.56. The highest BCUT2D eigenvalue weighted by Crippen LogP contribution is 2.26. The fourth-order valence-electron chi connectivity index (χ4n) is 0.500. The molecule has 0 saturated heterocycles. The van der Waals surface area contributed by atoms with Gasteiger partial charge in [0.15, 0.2) is 0 Å². The molecule has 0 heterocycles. The molecule has 0 aliphatic rings. The molecule has 0 aromatic rings. The molecule has 6 nitrogen and oxygen atoms in total. The molecule has 0 fully saturated rings. The van der Waals surface area contributed by atoms with Crippen LogP contribution in [0.5, 0.6) is 0 Å². The molecule has 0 aromatic heterocycles. The largest absolute Gasteiger partial charge is 0.325 e. The third-order valence-corrected chi connectivity index (χ3v) is 0.957. The molecule has 0 aliphatic carbocycles. The van der Waals surface area contributed by atoms with Crippen molar-refractivity contribution in [1.29, 1.82) is 0 Å². The Morgan fingerprint density at radius 3 is 0.833 bits per heavy atom. The topological polar surface area (TPSA) is 121 Å². The van der Waals surface area contributed by atoms with Crippen LogP contribution < -0.4 is 0 Å². The van der Waals surface area contributed by atoms with Crippen molar-refractivity contribution in [2.24, 2.45) is 0 Å². The van der Waals surface area contributed by atoms with Gasteiger partial charge in [0.1, 0.15) is 0 Å². The van der Waals surface area contributed by atoms with Crippen molar-refractivity contribution in [2.45, 2.75) is 53.4 Å². The second-order valence-electron chi connectivity index (χ2n) is 2.73. The van der Waals surface area contributed by atoms with Crippen molar-refractivity contribution < 1.29 is 29.4 Å². The molecule has 10 heteroatoms. The first kappa shape index (κ1) is 27.4. The molecule has 6 N–H and O–H groups in total. The molecule has 0 atom stereocenters. The summed E-state index contributed by atoms with van der Waals surface area (Å²) >= 11 is 7.21. The highest BCUT2D eigenvalue weighted by molar-refractivity contribution is 8.06. The van der Waals surface area contributed by atoms with E-state index in [1.807, 2.05) is 13.8 Å². The van der Waals surface area contributed by atoms with Crippen LogP contribution in [0.2, 0.25) is 0 Å². The van der Waals surface area contributed by atoms with Gasteiger partial charge in [0.05, 0.1) is 0 Å². The summed E-state index contributed by atoms with van der Waals surface area (Å²) in [5, 5.41) is 0. The normalized spacial score (nSPS) is 9.89. The molecule has 0 rings (SSSR count). The van der Waals surface area contributed by atoms with Gasteiger partial charge in [-0.2, -0.15) is 0 Å². The first-order valence-corrected chi connectivity index (χ1v) is 10.8. The molecule has 0 bridgehead atoms. The molecule has 0 saturated carbocycles. The standard InChI is InChI=1S/C6H14.C2H6.2H3O3PS/c1-3-5-6-4-2;1-2;2*1-4(2,3)5/h3-6H2,1-2H3;1-2H3;2*(H3,1,2,3,5). The number of rotatable bonds is 3. The molecule has 0 spiro atoms. The third-order valence-electron chi connectivity index (χ3n) is 0.957.